The SMILES string of the molecule is CC(F)(F)c1nccc(-n2nc(N3CC(N)C(F)(F)C3)c3cnc(Cl)cc32)n1. The Kier molecular flexibility index (Phi) is 4.19. The van der Waals surface area contributed by atoms with Gasteiger partial charge < -0.3 is 10.6 Å². The van der Waals surface area contributed by atoms with E-state index >= 15 is 0 Å². The molecule has 148 valence electrons. The Balaban J connectivity index is 1.88. The molecular weight excluding hydrogens is 402 g/mol. The number of fused-ring (bicyclic) bond motifs is 1. The van der Waals surface area contributed by atoms with Crippen molar-refractivity contribution in [3.8, 4) is 5.82 Å². The van der Waals surface area contributed by atoms with Crippen LogP contribution in [0.25, 0.3) is 16.7 Å². The molecule has 1 saturated heterocycles. The van der Waals surface area contributed by atoms with Gasteiger partial charge in [0.2, 0.25) is 5.82 Å². The predicted octanol–water partition coefficient (Wildman–Crippen LogP) is 2.76. The van der Waals surface area contributed by atoms with Gasteiger partial charge in [0.1, 0.15) is 5.15 Å². The standard InChI is InChI=1S/C16H14ClF4N7/c1-15(18,19)14-23-3-2-12(25-14)28-9-4-11(17)24-5-8(9)13(26-28)27-6-10(22)16(20,21)7-27/h2-5,10H,6-7,22H2,1H3. The summed E-state index contributed by atoms with van der Waals surface area (Å²) in [6.45, 7) is -0.0675. The van der Waals surface area contributed by atoms with Crippen LogP contribution in [0.2, 0.25) is 5.15 Å². The van der Waals surface area contributed by atoms with Crippen LogP contribution in [0.4, 0.5) is 23.4 Å². The molecule has 7 nitrogen and oxygen atoms in total. The second-order valence-electron chi connectivity index (χ2n) is 6.63. The van der Waals surface area contributed by atoms with E-state index in [4.69, 9.17) is 17.3 Å². The van der Waals surface area contributed by atoms with Gasteiger partial charge in [-0.25, -0.2) is 28.4 Å². The molecule has 28 heavy (non-hydrogen) atoms. The molecule has 1 atom stereocenters. The molecule has 3 aromatic rings. The zero-order valence-electron chi connectivity index (χ0n) is 14.5. The minimum absolute atomic E-state index is 0.0419. The number of aromatic nitrogens is 5. The highest BCUT2D eigenvalue weighted by molar-refractivity contribution is 6.30. The largest absolute Gasteiger partial charge is 0.347 e. The van der Waals surface area contributed by atoms with E-state index in [0.29, 0.717) is 17.8 Å². The van der Waals surface area contributed by atoms with Crippen molar-refractivity contribution in [3.63, 3.8) is 0 Å². The average molecular weight is 416 g/mol. The third-order valence-corrected chi connectivity index (χ3v) is 4.63. The molecule has 0 saturated carbocycles. The van der Waals surface area contributed by atoms with Gasteiger partial charge in [-0.05, 0) is 0 Å². The van der Waals surface area contributed by atoms with Crippen molar-refractivity contribution in [1.29, 1.82) is 0 Å². The van der Waals surface area contributed by atoms with Crippen LogP contribution in [-0.4, -0.2) is 49.8 Å². The Morgan fingerprint density at radius 3 is 2.71 bits per heavy atom. The monoisotopic (exact) mass is 415 g/mol. The summed E-state index contributed by atoms with van der Waals surface area (Å²) >= 11 is 5.96. The zero-order valence-corrected chi connectivity index (χ0v) is 15.2. The van der Waals surface area contributed by atoms with Gasteiger partial charge in [-0.2, -0.15) is 8.78 Å². The molecule has 4 heterocycles. The van der Waals surface area contributed by atoms with Crippen LogP contribution in [0.3, 0.4) is 0 Å². The Hall–Kier alpha value is -2.53. The number of hydrogen-bond donors (Lipinski definition) is 1. The lowest BCUT2D eigenvalue weighted by Crippen LogP contribution is -2.38. The third-order valence-electron chi connectivity index (χ3n) is 4.42. The topological polar surface area (TPSA) is 85.8 Å². The molecule has 1 fully saturated rings. The highest BCUT2D eigenvalue weighted by Crippen LogP contribution is 2.35. The second kappa shape index (κ2) is 6.24. The van der Waals surface area contributed by atoms with Crippen LogP contribution in [-0.2, 0) is 5.92 Å². The smallest absolute Gasteiger partial charge is 0.303 e. The van der Waals surface area contributed by atoms with Crippen molar-refractivity contribution in [3.05, 3.63) is 35.5 Å². The van der Waals surface area contributed by atoms with Gasteiger partial charge in [0, 0.05) is 38.0 Å². The molecule has 2 N–H and O–H groups in total. The highest BCUT2D eigenvalue weighted by Gasteiger charge is 2.47. The number of anilines is 1. The maximum Gasteiger partial charge on any atom is 0.303 e. The first-order valence-electron chi connectivity index (χ1n) is 8.20. The van der Waals surface area contributed by atoms with Gasteiger partial charge in [-0.15, -0.1) is 5.10 Å². The van der Waals surface area contributed by atoms with Gasteiger partial charge in [0.15, 0.2) is 11.6 Å². The third kappa shape index (κ3) is 3.14. The van der Waals surface area contributed by atoms with Gasteiger partial charge in [0.05, 0.1) is 23.5 Å². The summed E-state index contributed by atoms with van der Waals surface area (Å²) in [7, 11) is 0. The Bertz CT molecular complexity index is 1050. The van der Waals surface area contributed by atoms with Crippen molar-refractivity contribution in [2.24, 2.45) is 5.73 Å². The summed E-state index contributed by atoms with van der Waals surface area (Å²) in [5.74, 6) is -6.80. The zero-order chi connectivity index (χ0) is 20.3. The van der Waals surface area contributed by atoms with Gasteiger partial charge in [-0.1, -0.05) is 11.6 Å². The molecule has 1 aliphatic heterocycles. The fourth-order valence-electron chi connectivity index (χ4n) is 3.03. The van der Waals surface area contributed by atoms with E-state index in [9.17, 15) is 17.6 Å². The minimum atomic E-state index is -3.26. The molecule has 0 spiro atoms. The molecule has 0 bridgehead atoms. The van der Waals surface area contributed by atoms with Crippen LogP contribution in [0.5, 0.6) is 0 Å². The second-order valence-corrected chi connectivity index (χ2v) is 7.02. The summed E-state index contributed by atoms with van der Waals surface area (Å²) < 4.78 is 56.3. The molecule has 3 aromatic heterocycles. The van der Waals surface area contributed by atoms with E-state index in [1.165, 1.54) is 34.1 Å². The van der Waals surface area contributed by atoms with Crippen molar-refractivity contribution in [2.75, 3.05) is 18.0 Å². The number of halogens is 5. The van der Waals surface area contributed by atoms with Crippen molar-refractivity contribution in [1.82, 2.24) is 24.7 Å². The first-order chi connectivity index (χ1) is 13.1. The fraction of sp³-hybridized carbons (Fsp3) is 0.375. The van der Waals surface area contributed by atoms with Crippen LogP contribution in [0.15, 0.2) is 24.5 Å². The van der Waals surface area contributed by atoms with Crippen molar-refractivity contribution >= 4 is 28.3 Å². The lowest BCUT2D eigenvalue weighted by atomic mass is 10.2. The number of rotatable bonds is 3. The summed E-state index contributed by atoms with van der Waals surface area (Å²) in [6, 6.07) is 1.48. The first kappa shape index (κ1) is 18.8. The fourth-order valence-corrected chi connectivity index (χ4v) is 3.18. The van der Waals surface area contributed by atoms with E-state index in [1.807, 2.05) is 0 Å². The van der Waals surface area contributed by atoms with Crippen molar-refractivity contribution < 1.29 is 17.6 Å². The molecular formula is C16H14ClF4N7. The molecule has 0 aliphatic carbocycles. The van der Waals surface area contributed by atoms with Crippen LogP contribution in [0, 0.1) is 0 Å². The van der Waals surface area contributed by atoms with E-state index < -0.39 is 30.3 Å². The summed E-state index contributed by atoms with van der Waals surface area (Å²) in [6.07, 6.45) is 2.56. The molecule has 0 aromatic carbocycles. The Morgan fingerprint density at radius 2 is 2.07 bits per heavy atom. The predicted molar refractivity (Wildman–Crippen MR) is 94.2 cm³/mol. The number of alkyl halides is 4. The van der Waals surface area contributed by atoms with E-state index in [0.717, 1.165) is 0 Å². The number of nitrogens with two attached hydrogens (primary N) is 1. The molecule has 0 radical (unpaired) electrons. The van der Waals surface area contributed by atoms with E-state index in [-0.39, 0.29) is 23.3 Å². The molecule has 1 aliphatic rings. The molecule has 1 unspecified atom stereocenters. The van der Waals surface area contributed by atoms with Gasteiger partial charge in [-0.3, -0.25) is 0 Å². The normalized spacial score (nSPS) is 19.5. The van der Waals surface area contributed by atoms with Gasteiger partial charge >= 0.3 is 5.92 Å². The number of hydrogen-bond acceptors (Lipinski definition) is 6. The summed E-state index contributed by atoms with van der Waals surface area (Å²) in [5.41, 5.74) is 5.90. The average Bonchev–Trinajstić information content (AvgIpc) is 3.11. The maximum atomic E-state index is 13.9. The van der Waals surface area contributed by atoms with Crippen LogP contribution >= 0.6 is 11.6 Å². The minimum Gasteiger partial charge on any atom is -0.347 e. The maximum absolute atomic E-state index is 13.9. The molecule has 12 heteroatoms. The highest BCUT2D eigenvalue weighted by atomic mass is 35.5. The quantitative estimate of drug-likeness (QED) is 0.523. The molecule has 0 amide bonds. The summed E-state index contributed by atoms with van der Waals surface area (Å²) in [4.78, 5) is 12.7. The molecule has 4 rings (SSSR count). The number of pyridine rings is 1. The van der Waals surface area contributed by atoms with Crippen LogP contribution in [0.1, 0.15) is 12.7 Å². The number of nitrogens with zero attached hydrogens (tertiary/aromatic N) is 6. The van der Waals surface area contributed by atoms with Crippen molar-refractivity contribution in [2.45, 2.75) is 24.8 Å². The lowest BCUT2D eigenvalue weighted by molar-refractivity contribution is 0.00747. The Morgan fingerprint density at radius 1 is 1.32 bits per heavy atom. The van der Waals surface area contributed by atoms with E-state index in [2.05, 4.69) is 20.1 Å². The lowest BCUT2D eigenvalue weighted by Gasteiger charge is -2.15. The first-order valence-corrected chi connectivity index (χ1v) is 8.58. The van der Waals surface area contributed by atoms with E-state index in [1.54, 1.807) is 0 Å². The van der Waals surface area contributed by atoms with Gasteiger partial charge in [0.25, 0.3) is 5.92 Å². The summed E-state index contributed by atoms with van der Waals surface area (Å²) in [5, 5.41) is 4.86. The Labute approximate surface area is 161 Å². The van der Waals surface area contributed by atoms with Crippen LogP contribution < -0.4 is 10.6 Å².